The maximum absolute atomic E-state index is 13.2. The van der Waals surface area contributed by atoms with Crippen LogP contribution in [-0.2, 0) is 6.54 Å². The largest absolute Gasteiger partial charge is 0.346 e. The number of pyridine rings is 1. The van der Waals surface area contributed by atoms with Crippen molar-refractivity contribution in [1.29, 1.82) is 0 Å². The third-order valence-corrected chi connectivity index (χ3v) is 6.06. The van der Waals surface area contributed by atoms with Gasteiger partial charge in [-0.05, 0) is 41.7 Å². The number of allylic oxidation sites excluding steroid dienone is 8. The summed E-state index contributed by atoms with van der Waals surface area (Å²) in [6.45, 7) is 2.87. The van der Waals surface area contributed by atoms with Gasteiger partial charge in [0.1, 0.15) is 0 Å². The van der Waals surface area contributed by atoms with E-state index in [1.807, 2.05) is 12.3 Å². The fourth-order valence-corrected chi connectivity index (χ4v) is 4.17. The predicted molar refractivity (Wildman–Crippen MR) is 125 cm³/mol. The van der Waals surface area contributed by atoms with E-state index < -0.39 is 0 Å². The summed E-state index contributed by atoms with van der Waals surface area (Å²) in [6.07, 6.45) is 16.5. The van der Waals surface area contributed by atoms with E-state index in [9.17, 15) is 4.79 Å². The van der Waals surface area contributed by atoms with Crippen molar-refractivity contribution >= 4 is 18.2 Å². The lowest BCUT2D eigenvalue weighted by Gasteiger charge is -2.21. The highest BCUT2D eigenvalue weighted by molar-refractivity contribution is 7.84. The average Bonchev–Trinajstić information content (AvgIpc) is 3.59. The highest BCUT2D eigenvalue weighted by Crippen LogP contribution is 2.44. The number of rotatable bonds is 6. The molecule has 0 saturated heterocycles. The van der Waals surface area contributed by atoms with Gasteiger partial charge in [0.2, 0.25) is 0 Å². The molecule has 2 aliphatic carbocycles. The second kappa shape index (κ2) is 8.87. The quantitative estimate of drug-likeness (QED) is 0.566. The molecule has 1 heterocycles. The first-order valence-electron chi connectivity index (χ1n) is 10.4. The number of thiol groups is 1. The summed E-state index contributed by atoms with van der Waals surface area (Å²) in [5.41, 5.74) is 5.40. The molecule has 1 aromatic heterocycles. The third-order valence-electron chi connectivity index (χ3n) is 5.52. The van der Waals surface area contributed by atoms with Gasteiger partial charge in [0.15, 0.2) is 5.43 Å². The summed E-state index contributed by atoms with van der Waals surface area (Å²) in [5.74, 6) is 0.446. The van der Waals surface area contributed by atoms with Gasteiger partial charge >= 0.3 is 0 Å². The number of aromatic nitrogens is 1. The zero-order chi connectivity index (χ0) is 20.2. The van der Waals surface area contributed by atoms with E-state index in [1.54, 1.807) is 6.07 Å². The van der Waals surface area contributed by atoms with E-state index in [-0.39, 0.29) is 5.43 Å². The van der Waals surface area contributed by atoms with Crippen LogP contribution in [0.2, 0.25) is 0 Å². The molecular formula is C26H27NOS. The Labute approximate surface area is 178 Å². The molecule has 0 bridgehead atoms. The fourth-order valence-electron chi connectivity index (χ4n) is 3.93. The molecule has 4 rings (SSSR count). The van der Waals surface area contributed by atoms with Crippen LogP contribution in [0, 0.1) is 0 Å². The van der Waals surface area contributed by atoms with E-state index in [1.165, 1.54) is 11.3 Å². The van der Waals surface area contributed by atoms with Crippen molar-refractivity contribution in [3.05, 3.63) is 110 Å². The summed E-state index contributed by atoms with van der Waals surface area (Å²) >= 11 is 4.83. The van der Waals surface area contributed by atoms with Crippen molar-refractivity contribution in [3.63, 3.8) is 0 Å². The van der Waals surface area contributed by atoms with Crippen LogP contribution in [0.1, 0.15) is 55.3 Å². The van der Waals surface area contributed by atoms with Gasteiger partial charge in [-0.25, -0.2) is 0 Å². The fraction of sp³-hybridized carbons (Fsp3) is 0.269. The number of hydrogen-bond donors (Lipinski definition) is 1. The zero-order valence-corrected chi connectivity index (χ0v) is 17.7. The van der Waals surface area contributed by atoms with Crippen molar-refractivity contribution < 1.29 is 0 Å². The van der Waals surface area contributed by atoms with Crippen LogP contribution in [-0.4, -0.2) is 4.57 Å². The van der Waals surface area contributed by atoms with Crippen LogP contribution in [0.15, 0.2) is 88.2 Å². The molecule has 2 aliphatic rings. The van der Waals surface area contributed by atoms with Crippen LogP contribution in [0.25, 0.3) is 5.57 Å². The SMILES string of the molecule is CC/C(S)=C(/C1=CC=CCC=C1)c1c(C2CC2)n(Cc2ccccc2)ccc1=O. The van der Waals surface area contributed by atoms with Crippen molar-refractivity contribution in [2.45, 2.75) is 45.1 Å². The lowest BCUT2D eigenvalue weighted by atomic mass is 9.92. The van der Waals surface area contributed by atoms with Gasteiger partial charge in [-0.1, -0.05) is 67.6 Å². The van der Waals surface area contributed by atoms with Crippen LogP contribution >= 0.6 is 12.6 Å². The molecule has 0 spiro atoms. The monoisotopic (exact) mass is 401 g/mol. The van der Waals surface area contributed by atoms with Gasteiger partial charge in [0.05, 0.1) is 5.56 Å². The Morgan fingerprint density at radius 2 is 1.93 bits per heavy atom. The van der Waals surface area contributed by atoms with Crippen molar-refractivity contribution in [2.24, 2.45) is 0 Å². The predicted octanol–water partition coefficient (Wildman–Crippen LogP) is 6.27. The van der Waals surface area contributed by atoms with Gasteiger partial charge in [0, 0.05) is 36.0 Å². The first-order chi connectivity index (χ1) is 14.2. The second-order valence-corrected chi connectivity index (χ2v) is 8.23. The van der Waals surface area contributed by atoms with E-state index in [4.69, 9.17) is 12.6 Å². The lowest BCUT2D eigenvalue weighted by Crippen LogP contribution is -2.19. The summed E-state index contributed by atoms with van der Waals surface area (Å²) in [5, 5.41) is 0. The normalized spacial score (nSPS) is 17.0. The maximum atomic E-state index is 13.2. The minimum Gasteiger partial charge on any atom is -0.346 e. The molecule has 0 aliphatic heterocycles. The first kappa shape index (κ1) is 19.8. The van der Waals surface area contributed by atoms with Crippen LogP contribution < -0.4 is 5.43 Å². The van der Waals surface area contributed by atoms with Gasteiger partial charge in [-0.2, -0.15) is 0 Å². The maximum Gasteiger partial charge on any atom is 0.189 e. The zero-order valence-electron chi connectivity index (χ0n) is 16.8. The molecule has 0 atom stereocenters. The standard InChI is InChI=1S/C26H27NOS/c1-2-23(29)24(20-12-8-3-4-9-13-20)25-22(28)16-17-27(26(25)21-14-15-21)18-19-10-6-5-7-11-19/h3,5-13,16-17,21,29H,2,4,14-15,18H2,1H3/b24-23+. The van der Waals surface area contributed by atoms with Gasteiger partial charge in [-0.15, -0.1) is 12.6 Å². The Hall–Kier alpha value is -2.52. The molecule has 0 N–H and O–H groups in total. The second-order valence-electron chi connectivity index (χ2n) is 7.69. The van der Waals surface area contributed by atoms with Crippen LogP contribution in [0.5, 0.6) is 0 Å². The Morgan fingerprint density at radius 1 is 1.14 bits per heavy atom. The van der Waals surface area contributed by atoms with E-state index >= 15 is 0 Å². The summed E-state index contributed by atoms with van der Waals surface area (Å²) < 4.78 is 2.28. The van der Waals surface area contributed by atoms with Gasteiger partial charge in [0.25, 0.3) is 0 Å². The molecule has 0 amide bonds. The highest BCUT2D eigenvalue weighted by atomic mass is 32.1. The van der Waals surface area contributed by atoms with E-state index in [0.29, 0.717) is 5.92 Å². The van der Waals surface area contributed by atoms with Gasteiger partial charge in [-0.3, -0.25) is 4.79 Å². The van der Waals surface area contributed by atoms with Crippen molar-refractivity contribution in [3.8, 4) is 0 Å². The summed E-state index contributed by atoms with van der Waals surface area (Å²) in [6, 6.07) is 12.2. The summed E-state index contributed by atoms with van der Waals surface area (Å²) in [7, 11) is 0. The van der Waals surface area contributed by atoms with Crippen molar-refractivity contribution in [1.82, 2.24) is 4.57 Å². The number of benzene rings is 1. The van der Waals surface area contributed by atoms with Gasteiger partial charge < -0.3 is 4.57 Å². The lowest BCUT2D eigenvalue weighted by molar-refractivity contribution is 0.723. The molecule has 29 heavy (non-hydrogen) atoms. The minimum atomic E-state index is 0.0914. The summed E-state index contributed by atoms with van der Waals surface area (Å²) in [4.78, 5) is 14.2. The molecule has 1 fully saturated rings. The molecule has 3 heteroatoms. The molecule has 0 unspecified atom stereocenters. The third kappa shape index (κ3) is 4.40. The molecule has 148 valence electrons. The Morgan fingerprint density at radius 3 is 2.66 bits per heavy atom. The molecule has 1 saturated carbocycles. The Kier molecular flexibility index (Phi) is 6.05. The first-order valence-corrected chi connectivity index (χ1v) is 10.9. The molecule has 0 radical (unpaired) electrons. The average molecular weight is 402 g/mol. The Bertz CT molecular complexity index is 1070. The molecule has 2 aromatic rings. The number of nitrogens with zero attached hydrogens (tertiary/aromatic N) is 1. The van der Waals surface area contributed by atoms with Crippen LogP contribution in [0.3, 0.4) is 0 Å². The van der Waals surface area contributed by atoms with E-state index in [0.717, 1.165) is 53.8 Å². The molecule has 2 nitrogen and oxygen atoms in total. The number of hydrogen-bond acceptors (Lipinski definition) is 2. The minimum absolute atomic E-state index is 0.0914. The van der Waals surface area contributed by atoms with Crippen LogP contribution in [0.4, 0.5) is 0 Å². The Balaban J connectivity index is 1.91. The molecule has 1 aromatic carbocycles. The smallest absolute Gasteiger partial charge is 0.189 e. The van der Waals surface area contributed by atoms with Crippen molar-refractivity contribution in [2.75, 3.05) is 0 Å². The molecular weight excluding hydrogens is 374 g/mol. The highest BCUT2D eigenvalue weighted by Gasteiger charge is 2.32. The topological polar surface area (TPSA) is 22.0 Å². The van der Waals surface area contributed by atoms with E-state index in [2.05, 4.69) is 66.1 Å².